The number of rotatable bonds is 3. The topological polar surface area (TPSA) is 72.0 Å². The van der Waals surface area contributed by atoms with Crippen molar-refractivity contribution in [3.63, 3.8) is 0 Å². The first-order valence-electron chi connectivity index (χ1n) is 6.31. The number of carbonyl (C=O) groups is 1. The summed E-state index contributed by atoms with van der Waals surface area (Å²) in [5, 5.41) is 0. The molecule has 0 saturated heterocycles. The molecular weight excluding hydrogens is 256 g/mol. The summed E-state index contributed by atoms with van der Waals surface area (Å²) in [6, 6.07) is 7.11. The molecule has 1 N–H and O–H groups in total. The molecule has 5 nitrogen and oxygen atoms in total. The van der Waals surface area contributed by atoms with Crippen molar-refractivity contribution >= 4 is 5.97 Å². The predicted molar refractivity (Wildman–Crippen MR) is 74.6 cm³/mol. The standard InChI is InChI=1S/C15H16N2O3/c1-9-8-10(2)17-14(18)13(9)15(19)20-11(3)12-6-4-5-7-16-12/h4-8,11H,1-3H3,(H,17,18)/t11-/m1/s1. The van der Waals surface area contributed by atoms with E-state index in [9.17, 15) is 9.59 Å². The van der Waals surface area contributed by atoms with Crippen molar-refractivity contribution in [2.75, 3.05) is 0 Å². The summed E-state index contributed by atoms with van der Waals surface area (Å²) in [7, 11) is 0. The van der Waals surface area contributed by atoms with Gasteiger partial charge in [-0.3, -0.25) is 9.78 Å². The van der Waals surface area contributed by atoms with E-state index >= 15 is 0 Å². The van der Waals surface area contributed by atoms with Crippen molar-refractivity contribution < 1.29 is 9.53 Å². The molecule has 0 aliphatic rings. The number of aromatic amines is 1. The van der Waals surface area contributed by atoms with Crippen LogP contribution in [-0.4, -0.2) is 15.9 Å². The fourth-order valence-electron chi connectivity index (χ4n) is 2.00. The van der Waals surface area contributed by atoms with Gasteiger partial charge >= 0.3 is 5.97 Å². The Morgan fingerprint density at radius 3 is 2.70 bits per heavy atom. The Bertz CT molecular complexity index is 677. The minimum atomic E-state index is -0.637. The second-order valence-corrected chi connectivity index (χ2v) is 4.64. The Morgan fingerprint density at radius 1 is 1.35 bits per heavy atom. The van der Waals surface area contributed by atoms with Crippen molar-refractivity contribution in [2.45, 2.75) is 26.9 Å². The monoisotopic (exact) mass is 272 g/mol. The van der Waals surface area contributed by atoms with Crippen LogP contribution in [-0.2, 0) is 4.74 Å². The molecule has 0 aliphatic heterocycles. The van der Waals surface area contributed by atoms with Gasteiger partial charge in [-0.25, -0.2) is 4.79 Å². The van der Waals surface area contributed by atoms with Gasteiger partial charge in [-0.2, -0.15) is 0 Å². The molecule has 0 bridgehead atoms. The Hall–Kier alpha value is -2.43. The molecule has 0 amide bonds. The predicted octanol–water partition coefficient (Wildman–Crippen LogP) is 2.30. The van der Waals surface area contributed by atoms with Gasteiger partial charge in [0.15, 0.2) is 0 Å². The summed E-state index contributed by atoms with van der Waals surface area (Å²) < 4.78 is 5.30. The highest BCUT2D eigenvalue weighted by Crippen LogP contribution is 2.16. The molecule has 0 fully saturated rings. The number of nitrogens with one attached hydrogen (secondary N) is 1. The first kappa shape index (κ1) is 14.0. The van der Waals surface area contributed by atoms with Crippen LogP contribution in [0.3, 0.4) is 0 Å². The maximum Gasteiger partial charge on any atom is 0.344 e. The van der Waals surface area contributed by atoms with E-state index in [1.165, 1.54) is 0 Å². The number of hydrogen-bond donors (Lipinski definition) is 1. The number of hydrogen-bond acceptors (Lipinski definition) is 4. The summed E-state index contributed by atoms with van der Waals surface area (Å²) in [4.78, 5) is 30.7. The lowest BCUT2D eigenvalue weighted by Gasteiger charge is -2.13. The zero-order chi connectivity index (χ0) is 14.7. The minimum Gasteiger partial charge on any atom is -0.452 e. The third-order valence-electron chi connectivity index (χ3n) is 2.96. The molecule has 2 rings (SSSR count). The molecule has 104 valence electrons. The van der Waals surface area contributed by atoms with E-state index in [2.05, 4.69) is 9.97 Å². The Balaban J connectivity index is 2.23. The molecule has 20 heavy (non-hydrogen) atoms. The Morgan fingerprint density at radius 2 is 2.10 bits per heavy atom. The quantitative estimate of drug-likeness (QED) is 0.870. The van der Waals surface area contributed by atoms with Crippen molar-refractivity contribution in [1.82, 2.24) is 9.97 Å². The van der Waals surface area contributed by atoms with Gasteiger partial charge in [0.1, 0.15) is 11.7 Å². The van der Waals surface area contributed by atoms with Crippen molar-refractivity contribution in [1.29, 1.82) is 0 Å². The number of carbonyl (C=O) groups excluding carboxylic acids is 1. The molecule has 0 spiro atoms. The van der Waals surface area contributed by atoms with Crippen molar-refractivity contribution in [3.05, 3.63) is 63.3 Å². The highest BCUT2D eigenvalue weighted by Gasteiger charge is 2.19. The van der Waals surface area contributed by atoms with Gasteiger partial charge in [0.25, 0.3) is 5.56 Å². The summed E-state index contributed by atoms with van der Waals surface area (Å²) in [5.41, 5.74) is 1.56. The van der Waals surface area contributed by atoms with Gasteiger partial charge in [0, 0.05) is 11.9 Å². The lowest BCUT2D eigenvalue weighted by Crippen LogP contribution is -2.23. The first-order chi connectivity index (χ1) is 9.49. The van der Waals surface area contributed by atoms with Crippen LogP contribution in [0.1, 0.15) is 40.3 Å². The van der Waals surface area contributed by atoms with E-state index < -0.39 is 17.6 Å². The maximum atomic E-state index is 12.1. The molecule has 0 unspecified atom stereocenters. The average Bonchev–Trinajstić information content (AvgIpc) is 2.38. The van der Waals surface area contributed by atoms with Crippen molar-refractivity contribution in [3.8, 4) is 0 Å². The first-order valence-corrected chi connectivity index (χ1v) is 6.31. The molecule has 0 aliphatic carbocycles. The van der Waals surface area contributed by atoms with Crippen LogP contribution < -0.4 is 5.56 Å². The highest BCUT2D eigenvalue weighted by molar-refractivity contribution is 5.90. The number of aryl methyl sites for hydroxylation is 2. The molecule has 5 heteroatoms. The second kappa shape index (κ2) is 5.69. The molecule has 0 aromatic carbocycles. The molecule has 2 aromatic heterocycles. The normalized spacial score (nSPS) is 11.9. The second-order valence-electron chi connectivity index (χ2n) is 4.64. The Kier molecular flexibility index (Phi) is 3.98. The third-order valence-corrected chi connectivity index (χ3v) is 2.96. The van der Waals surface area contributed by atoms with E-state index in [0.717, 1.165) is 0 Å². The molecule has 0 saturated carbocycles. The minimum absolute atomic E-state index is 0.0402. The fourth-order valence-corrected chi connectivity index (χ4v) is 2.00. The zero-order valence-corrected chi connectivity index (χ0v) is 11.6. The third kappa shape index (κ3) is 2.93. The van der Waals surface area contributed by atoms with Crippen LogP contribution in [0.2, 0.25) is 0 Å². The lowest BCUT2D eigenvalue weighted by atomic mass is 10.1. The number of ether oxygens (including phenoxy) is 1. The molecule has 1 atom stereocenters. The van der Waals surface area contributed by atoms with Crippen LogP contribution >= 0.6 is 0 Å². The van der Waals surface area contributed by atoms with Gasteiger partial charge in [-0.15, -0.1) is 0 Å². The number of pyridine rings is 2. The average molecular weight is 272 g/mol. The maximum absolute atomic E-state index is 12.1. The van der Waals surface area contributed by atoms with Gasteiger partial charge in [-0.05, 0) is 44.5 Å². The van der Waals surface area contributed by atoms with Gasteiger partial charge in [0.2, 0.25) is 0 Å². The summed E-state index contributed by atoms with van der Waals surface area (Å²) in [6.45, 7) is 5.20. The lowest BCUT2D eigenvalue weighted by molar-refractivity contribution is 0.0326. The molecule has 2 aromatic rings. The largest absolute Gasteiger partial charge is 0.452 e. The molecule has 0 radical (unpaired) electrons. The van der Waals surface area contributed by atoms with Crippen LogP contribution in [0, 0.1) is 13.8 Å². The summed E-state index contributed by atoms with van der Waals surface area (Å²) in [5.74, 6) is -0.637. The molecular formula is C15H16N2O3. The van der Waals surface area contributed by atoms with E-state index in [1.54, 1.807) is 45.2 Å². The number of esters is 1. The van der Waals surface area contributed by atoms with Crippen molar-refractivity contribution in [2.24, 2.45) is 0 Å². The van der Waals surface area contributed by atoms with E-state index in [-0.39, 0.29) is 5.56 Å². The number of nitrogens with zero attached hydrogens (tertiary/aromatic N) is 1. The Labute approximate surface area is 116 Å². The summed E-state index contributed by atoms with van der Waals surface area (Å²) >= 11 is 0. The van der Waals surface area contributed by atoms with E-state index in [1.807, 2.05) is 6.07 Å². The smallest absolute Gasteiger partial charge is 0.344 e. The van der Waals surface area contributed by atoms with E-state index in [0.29, 0.717) is 17.0 Å². The van der Waals surface area contributed by atoms with Gasteiger partial charge in [-0.1, -0.05) is 6.07 Å². The van der Waals surface area contributed by atoms with Crippen LogP contribution in [0.5, 0.6) is 0 Å². The number of aromatic nitrogens is 2. The van der Waals surface area contributed by atoms with Crippen LogP contribution in [0.4, 0.5) is 0 Å². The zero-order valence-electron chi connectivity index (χ0n) is 11.6. The van der Waals surface area contributed by atoms with Crippen LogP contribution in [0.15, 0.2) is 35.3 Å². The molecule has 2 heterocycles. The van der Waals surface area contributed by atoms with Gasteiger partial charge in [0.05, 0.1) is 5.69 Å². The van der Waals surface area contributed by atoms with Gasteiger partial charge < -0.3 is 9.72 Å². The van der Waals surface area contributed by atoms with E-state index in [4.69, 9.17) is 4.74 Å². The SMILES string of the molecule is Cc1cc(C)c(C(=O)O[C@H](C)c2ccccn2)c(=O)[nH]1. The van der Waals surface area contributed by atoms with Crippen LogP contribution in [0.25, 0.3) is 0 Å². The fraction of sp³-hybridized carbons (Fsp3) is 0.267. The number of H-pyrrole nitrogens is 1. The summed E-state index contributed by atoms with van der Waals surface area (Å²) in [6.07, 6.45) is 1.12. The highest BCUT2D eigenvalue weighted by atomic mass is 16.5.